The van der Waals surface area contributed by atoms with Crippen molar-refractivity contribution < 1.29 is 27.7 Å². The quantitative estimate of drug-likeness (QED) is 0.262. The second-order valence-electron chi connectivity index (χ2n) is 6.47. The predicted octanol–water partition coefficient (Wildman–Crippen LogP) is 4.76. The number of para-hydroxylation sites is 1. The van der Waals surface area contributed by atoms with Gasteiger partial charge in [0.05, 0.1) is 4.92 Å². The second-order valence-corrected chi connectivity index (χ2v) is 6.47. The third-order valence-corrected chi connectivity index (χ3v) is 4.50. The van der Waals surface area contributed by atoms with Gasteiger partial charge in [0.2, 0.25) is 11.7 Å². The van der Waals surface area contributed by atoms with Crippen molar-refractivity contribution in [3.05, 3.63) is 75.6 Å². The van der Waals surface area contributed by atoms with Crippen LogP contribution in [-0.2, 0) is 4.74 Å². The Kier molecular flexibility index (Phi) is 4.74. The van der Waals surface area contributed by atoms with E-state index in [1.165, 1.54) is 43.3 Å². The highest BCUT2D eigenvalue weighted by molar-refractivity contribution is 5.96. The number of aromatic nitrogens is 2. The van der Waals surface area contributed by atoms with Gasteiger partial charge in [-0.3, -0.25) is 10.1 Å². The number of rotatable bonds is 5. The zero-order valence-corrected chi connectivity index (χ0v) is 15.8. The maximum absolute atomic E-state index is 13.9. The minimum Gasteiger partial charge on any atom is -0.447 e. The fourth-order valence-electron chi connectivity index (χ4n) is 2.91. The van der Waals surface area contributed by atoms with Crippen LogP contribution in [-0.4, -0.2) is 21.1 Å². The molecule has 0 aliphatic rings. The summed E-state index contributed by atoms with van der Waals surface area (Å²) in [5, 5.41) is 19.0. The molecular formula is C20H14FN3O6. The smallest absolute Gasteiger partial charge is 0.375 e. The highest BCUT2D eigenvalue weighted by Crippen LogP contribution is 2.30. The number of ether oxygens (including phenoxy) is 1. The molecule has 0 unspecified atom stereocenters. The molecule has 10 heteroatoms. The number of nitro groups is 1. The largest absolute Gasteiger partial charge is 0.447 e. The lowest BCUT2D eigenvalue weighted by Gasteiger charge is -2.08. The zero-order valence-electron chi connectivity index (χ0n) is 15.8. The first-order chi connectivity index (χ1) is 14.3. The maximum atomic E-state index is 13.9. The van der Waals surface area contributed by atoms with E-state index in [2.05, 4.69) is 10.2 Å². The van der Waals surface area contributed by atoms with Crippen molar-refractivity contribution in [1.29, 1.82) is 0 Å². The third-order valence-electron chi connectivity index (χ3n) is 4.50. The van der Waals surface area contributed by atoms with Crippen LogP contribution in [0.25, 0.3) is 22.4 Å². The Hall–Kier alpha value is -4.08. The Bertz CT molecular complexity index is 1260. The molecule has 4 rings (SSSR count). The van der Waals surface area contributed by atoms with Crippen LogP contribution >= 0.6 is 0 Å². The van der Waals surface area contributed by atoms with Crippen LogP contribution in [0, 0.1) is 22.9 Å². The molecule has 2 aromatic heterocycles. The molecule has 0 aliphatic carbocycles. The number of aryl methyl sites for hydroxylation is 1. The predicted molar refractivity (Wildman–Crippen MR) is 101 cm³/mol. The summed E-state index contributed by atoms with van der Waals surface area (Å²) in [4.78, 5) is 22.7. The standard InChI is InChI=1S/C20H14FN3O6/c1-10-14-4-3-5-15(21)17(14)29-16(10)20(25)28-11(2)18-22-23-19(30-18)12-6-8-13(9-7-12)24(26)27/h3-9,11H,1-2H3/t11-/m1/s1. The lowest BCUT2D eigenvalue weighted by Crippen LogP contribution is -2.09. The van der Waals surface area contributed by atoms with Gasteiger partial charge in [0.25, 0.3) is 11.6 Å². The third kappa shape index (κ3) is 3.39. The molecule has 1 atom stereocenters. The number of carbonyl (C=O) groups excluding carboxylic acids is 1. The molecule has 152 valence electrons. The number of nitrogens with zero attached hydrogens (tertiary/aromatic N) is 3. The van der Waals surface area contributed by atoms with Crippen LogP contribution < -0.4 is 0 Å². The molecule has 2 heterocycles. The van der Waals surface area contributed by atoms with Gasteiger partial charge in [-0.05, 0) is 32.0 Å². The first-order valence-electron chi connectivity index (χ1n) is 8.82. The normalized spacial score (nSPS) is 12.1. The summed E-state index contributed by atoms with van der Waals surface area (Å²) in [6, 6.07) is 9.97. The van der Waals surface area contributed by atoms with Crippen LogP contribution in [0.3, 0.4) is 0 Å². The van der Waals surface area contributed by atoms with Crippen LogP contribution in [0.4, 0.5) is 10.1 Å². The fourth-order valence-corrected chi connectivity index (χ4v) is 2.91. The van der Waals surface area contributed by atoms with Crippen LogP contribution in [0.15, 0.2) is 51.3 Å². The van der Waals surface area contributed by atoms with E-state index in [1.54, 1.807) is 13.0 Å². The lowest BCUT2D eigenvalue weighted by molar-refractivity contribution is -0.384. The average molecular weight is 411 g/mol. The number of hydrogen-bond donors (Lipinski definition) is 0. The molecule has 0 radical (unpaired) electrons. The van der Waals surface area contributed by atoms with Crippen LogP contribution in [0.5, 0.6) is 0 Å². The summed E-state index contributed by atoms with van der Waals surface area (Å²) in [6.45, 7) is 3.16. The van der Waals surface area contributed by atoms with E-state index in [-0.39, 0.29) is 28.8 Å². The van der Waals surface area contributed by atoms with Crippen molar-refractivity contribution in [1.82, 2.24) is 10.2 Å². The molecule has 0 amide bonds. The first-order valence-corrected chi connectivity index (χ1v) is 8.82. The highest BCUT2D eigenvalue weighted by Gasteiger charge is 2.25. The molecule has 0 saturated carbocycles. The molecule has 0 bridgehead atoms. The van der Waals surface area contributed by atoms with Crippen LogP contribution in [0.2, 0.25) is 0 Å². The number of benzene rings is 2. The Balaban J connectivity index is 1.53. The number of carbonyl (C=O) groups is 1. The van der Waals surface area contributed by atoms with Crippen molar-refractivity contribution in [3.8, 4) is 11.5 Å². The Morgan fingerprint density at radius 2 is 1.90 bits per heavy atom. The van der Waals surface area contributed by atoms with Crippen molar-refractivity contribution in [2.24, 2.45) is 0 Å². The van der Waals surface area contributed by atoms with E-state index in [0.717, 1.165) is 0 Å². The Morgan fingerprint density at radius 1 is 1.17 bits per heavy atom. The van der Waals surface area contributed by atoms with Gasteiger partial charge in [-0.25, -0.2) is 9.18 Å². The average Bonchev–Trinajstić information content (AvgIpc) is 3.34. The van der Waals surface area contributed by atoms with Gasteiger partial charge in [0.15, 0.2) is 17.5 Å². The Morgan fingerprint density at radius 3 is 2.57 bits per heavy atom. The molecule has 0 fully saturated rings. The van der Waals surface area contributed by atoms with Gasteiger partial charge >= 0.3 is 5.97 Å². The van der Waals surface area contributed by atoms with Crippen molar-refractivity contribution in [3.63, 3.8) is 0 Å². The minimum atomic E-state index is -0.908. The number of fused-ring (bicyclic) bond motifs is 1. The SMILES string of the molecule is Cc1c(C(=O)O[C@H](C)c2nnc(-c3ccc([N+](=O)[O-])cc3)o2)oc2c(F)cccc12. The Labute approximate surface area is 168 Å². The number of non-ortho nitro benzene ring substituents is 1. The summed E-state index contributed by atoms with van der Waals surface area (Å²) in [5.41, 5.74) is 0.839. The van der Waals surface area contributed by atoms with E-state index in [1.807, 2.05) is 0 Å². The molecule has 2 aromatic carbocycles. The van der Waals surface area contributed by atoms with Gasteiger partial charge in [0, 0.05) is 28.6 Å². The van der Waals surface area contributed by atoms with Gasteiger partial charge in [-0.1, -0.05) is 12.1 Å². The van der Waals surface area contributed by atoms with E-state index < -0.39 is 22.8 Å². The monoisotopic (exact) mass is 411 g/mol. The minimum absolute atomic E-state index is 0.0205. The van der Waals surface area contributed by atoms with E-state index in [9.17, 15) is 19.3 Å². The molecule has 9 nitrogen and oxygen atoms in total. The fraction of sp³-hybridized carbons (Fsp3) is 0.150. The van der Waals surface area contributed by atoms with Gasteiger partial charge in [-0.2, -0.15) is 0 Å². The summed E-state index contributed by atoms with van der Waals surface area (Å²) in [6.07, 6.45) is -0.908. The molecule has 0 saturated heterocycles. The van der Waals surface area contributed by atoms with E-state index >= 15 is 0 Å². The second kappa shape index (κ2) is 7.39. The number of furan rings is 1. The lowest BCUT2D eigenvalue weighted by atomic mass is 10.1. The summed E-state index contributed by atoms with van der Waals surface area (Å²) in [7, 11) is 0. The summed E-state index contributed by atoms with van der Waals surface area (Å²) < 4.78 is 30.1. The molecule has 0 spiro atoms. The number of hydrogen-bond acceptors (Lipinski definition) is 8. The van der Waals surface area contributed by atoms with E-state index in [4.69, 9.17) is 13.6 Å². The molecule has 30 heavy (non-hydrogen) atoms. The van der Waals surface area contributed by atoms with Crippen LogP contribution in [0.1, 0.15) is 35.0 Å². The van der Waals surface area contributed by atoms with E-state index in [0.29, 0.717) is 16.5 Å². The molecular weight excluding hydrogens is 397 g/mol. The zero-order chi connectivity index (χ0) is 21.4. The van der Waals surface area contributed by atoms with Gasteiger partial charge in [0.1, 0.15) is 0 Å². The molecule has 4 aromatic rings. The summed E-state index contributed by atoms with van der Waals surface area (Å²) >= 11 is 0. The van der Waals surface area contributed by atoms with Crippen molar-refractivity contribution in [2.45, 2.75) is 20.0 Å². The number of halogens is 1. The maximum Gasteiger partial charge on any atom is 0.375 e. The molecule has 0 N–H and O–H groups in total. The van der Waals surface area contributed by atoms with Crippen molar-refractivity contribution >= 4 is 22.6 Å². The highest BCUT2D eigenvalue weighted by atomic mass is 19.1. The number of nitro benzene ring substituents is 1. The van der Waals surface area contributed by atoms with Gasteiger partial charge < -0.3 is 13.6 Å². The summed E-state index contributed by atoms with van der Waals surface area (Å²) in [5.74, 6) is -1.35. The number of esters is 1. The first kappa shape index (κ1) is 19.2. The van der Waals surface area contributed by atoms with Crippen molar-refractivity contribution in [2.75, 3.05) is 0 Å². The topological polar surface area (TPSA) is 122 Å². The molecule has 0 aliphatic heterocycles. The van der Waals surface area contributed by atoms with Gasteiger partial charge in [-0.15, -0.1) is 10.2 Å².